The third-order valence-corrected chi connectivity index (χ3v) is 3.40. The molecular weight excluding hydrogens is 260 g/mol. The Morgan fingerprint density at radius 3 is 2.64 bits per heavy atom. The third-order valence-electron chi connectivity index (χ3n) is 1.78. The van der Waals surface area contributed by atoms with E-state index in [0.29, 0.717) is 0 Å². The molecule has 0 aliphatic rings. The molecular formula is C10H9BrN2S. The number of anilines is 1. The molecule has 4 heteroatoms. The molecule has 0 unspecified atom stereocenters. The van der Waals surface area contributed by atoms with Crippen LogP contribution < -0.4 is 5.32 Å². The summed E-state index contributed by atoms with van der Waals surface area (Å²) in [5.41, 5.74) is 1.10. The van der Waals surface area contributed by atoms with E-state index in [9.17, 15) is 0 Å². The van der Waals surface area contributed by atoms with Crippen molar-refractivity contribution in [3.05, 3.63) is 45.3 Å². The van der Waals surface area contributed by atoms with E-state index in [4.69, 9.17) is 0 Å². The lowest BCUT2D eigenvalue weighted by Crippen LogP contribution is -1.96. The number of thiophene rings is 1. The highest BCUT2D eigenvalue weighted by molar-refractivity contribution is 9.11. The van der Waals surface area contributed by atoms with E-state index in [1.54, 1.807) is 23.7 Å². The number of aromatic nitrogens is 1. The van der Waals surface area contributed by atoms with Crippen LogP contribution in [-0.4, -0.2) is 4.98 Å². The average Bonchev–Trinajstić information content (AvgIpc) is 2.63. The Morgan fingerprint density at radius 2 is 2.00 bits per heavy atom. The first-order valence-corrected chi connectivity index (χ1v) is 5.83. The van der Waals surface area contributed by atoms with Crippen molar-refractivity contribution in [2.75, 3.05) is 5.32 Å². The minimum absolute atomic E-state index is 0.861. The Kier molecular flexibility index (Phi) is 3.16. The van der Waals surface area contributed by atoms with Crippen molar-refractivity contribution in [2.45, 2.75) is 6.54 Å². The summed E-state index contributed by atoms with van der Waals surface area (Å²) in [7, 11) is 0. The molecule has 0 spiro atoms. The van der Waals surface area contributed by atoms with Gasteiger partial charge < -0.3 is 5.32 Å². The van der Waals surface area contributed by atoms with E-state index in [0.717, 1.165) is 12.2 Å². The first kappa shape index (κ1) is 9.68. The lowest BCUT2D eigenvalue weighted by atomic mass is 10.4. The summed E-state index contributed by atoms with van der Waals surface area (Å²) in [6.07, 6.45) is 3.57. The molecule has 2 heterocycles. The molecule has 2 aromatic rings. The molecule has 0 atom stereocenters. The number of nitrogens with one attached hydrogen (secondary N) is 1. The molecule has 0 saturated heterocycles. The maximum atomic E-state index is 3.96. The highest BCUT2D eigenvalue weighted by Gasteiger charge is 1.96. The zero-order chi connectivity index (χ0) is 9.80. The van der Waals surface area contributed by atoms with Gasteiger partial charge in [0.2, 0.25) is 0 Å². The van der Waals surface area contributed by atoms with E-state index in [1.165, 1.54) is 8.66 Å². The fraction of sp³-hybridized carbons (Fsp3) is 0.100. The van der Waals surface area contributed by atoms with E-state index < -0.39 is 0 Å². The molecule has 0 aromatic carbocycles. The van der Waals surface area contributed by atoms with Gasteiger partial charge in [-0.2, -0.15) is 0 Å². The van der Waals surface area contributed by atoms with E-state index in [1.807, 2.05) is 12.1 Å². The lowest BCUT2D eigenvalue weighted by Gasteiger charge is -2.02. The Hall–Kier alpha value is -0.870. The van der Waals surface area contributed by atoms with Crippen LogP contribution in [-0.2, 0) is 6.54 Å². The van der Waals surface area contributed by atoms with Crippen LogP contribution in [0, 0.1) is 0 Å². The van der Waals surface area contributed by atoms with Gasteiger partial charge >= 0.3 is 0 Å². The maximum absolute atomic E-state index is 3.96. The average molecular weight is 269 g/mol. The van der Waals surface area contributed by atoms with Gasteiger partial charge in [0.05, 0.1) is 3.79 Å². The second kappa shape index (κ2) is 4.57. The number of rotatable bonds is 3. The van der Waals surface area contributed by atoms with Crippen LogP contribution in [0.15, 0.2) is 40.4 Å². The Morgan fingerprint density at radius 1 is 1.21 bits per heavy atom. The van der Waals surface area contributed by atoms with Crippen molar-refractivity contribution < 1.29 is 0 Å². The standard InChI is InChI=1S/C10H9BrN2S/c11-10-2-1-9(14-10)7-13-8-3-5-12-6-4-8/h1-6H,7H2,(H,12,13). The zero-order valence-corrected chi connectivity index (χ0v) is 9.81. The minimum atomic E-state index is 0.861. The first-order chi connectivity index (χ1) is 6.84. The van der Waals surface area contributed by atoms with Gasteiger partial charge in [0, 0.05) is 29.5 Å². The SMILES string of the molecule is Brc1ccc(CNc2ccncc2)s1. The number of nitrogens with zero attached hydrogens (tertiary/aromatic N) is 1. The second-order valence-corrected chi connectivity index (χ2v) is 5.34. The highest BCUT2D eigenvalue weighted by atomic mass is 79.9. The van der Waals surface area contributed by atoms with Crippen LogP contribution in [0.1, 0.15) is 4.88 Å². The lowest BCUT2D eigenvalue weighted by molar-refractivity contribution is 1.18. The molecule has 0 aliphatic heterocycles. The van der Waals surface area contributed by atoms with E-state index >= 15 is 0 Å². The Balaban J connectivity index is 1.95. The molecule has 72 valence electrons. The largest absolute Gasteiger partial charge is 0.380 e. The van der Waals surface area contributed by atoms with Crippen molar-refractivity contribution >= 4 is 33.0 Å². The van der Waals surface area contributed by atoms with Gasteiger partial charge in [-0.3, -0.25) is 4.98 Å². The van der Waals surface area contributed by atoms with Gasteiger partial charge in [-0.25, -0.2) is 0 Å². The maximum Gasteiger partial charge on any atom is 0.0702 e. The molecule has 2 rings (SSSR count). The van der Waals surface area contributed by atoms with Gasteiger partial charge in [-0.1, -0.05) is 0 Å². The quantitative estimate of drug-likeness (QED) is 0.922. The fourth-order valence-electron chi connectivity index (χ4n) is 1.11. The van der Waals surface area contributed by atoms with Crippen molar-refractivity contribution in [1.29, 1.82) is 0 Å². The van der Waals surface area contributed by atoms with Crippen molar-refractivity contribution in [2.24, 2.45) is 0 Å². The summed E-state index contributed by atoms with van der Waals surface area (Å²) in [4.78, 5) is 5.27. The molecule has 0 saturated carbocycles. The summed E-state index contributed by atoms with van der Waals surface area (Å²) in [5.74, 6) is 0. The molecule has 14 heavy (non-hydrogen) atoms. The number of pyridine rings is 1. The number of halogens is 1. The van der Waals surface area contributed by atoms with Gasteiger partial charge in [0.15, 0.2) is 0 Å². The molecule has 0 radical (unpaired) electrons. The van der Waals surface area contributed by atoms with Crippen molar-refractivity contribution in [3.63, 3.8) is 0 Å². The normalized spacial score (nSPS) is 10.1. The van der Waals surface area contributed by atoms with E-state index in [-0.39, 0.29) is 0 Å². The van der Waals surface area contributed by atoms with Crippen LogP contribution in [0.4, 0.5) is 5.69 Å². The molecule has 0 bridgehead atoms. The summed E-state index contributed by atoms with van der Waals surface area (Å²) in [6, 6.07) is 8.10. The fourth-order valence-corrected chi connectivity index (χ4v) is 2.53. The molecule has 0 aliphatic carbocycles. The van der Waals surface area contributed by atoms with Gasteiger partial charge in [0.25, 0.3) is 0 Å². The predicted molar refractivity (Wildman–Crippen MR) is 63.6 cm³/mol. The van der Waals surface area contributed by atoms with Crippen LogP contribution >= 0.6 is 27.3 Å². The minimum Gasteiger partial charge on any atom is -0.380 e. The van der Waals surface area contributed by atoms with Crippen LogP contribution in [0.5, 0.6) is 0 Å². The second-order valence-electron chi connectivity index (χ2n) is 2.80. The van der Waals surface area contributed by atoms with E-state index in [2.05, 4.69) is 38.4 Å². The number of hydrogen-bond donors (Lipinski definition) is 1. The predicted octanol–water partition coefficient (Wildman–Crippen LogP) is 3.52. The summed E-state index contributed by atoms with van der Waals surface area (Å²) in [5, 5.41) is 3.32. The molecule has 1 N–H and O–H groups in total. The van der Waals surface area contributed by atoms with Gasteiger partial charge in [-0.15, -0.1) is 11.3 Å². The molecule has 0 amide bonds. The van der Waals surface area contributed by atoms with Gasteiger partial charge in [0.1, 0.15) is 0 Å². The smallest absolute Gasteiger partial charge is 0.0702 e. The summed E-state index contributed by atoms with van der Waals surface area (Å²) < 4.78 is 1.17. The first-order valence-electron chi connectivity index (χ1n) is 4.23. The van der Waals surface area contributed by atoms with Crippen molar-refractivity contribution in [3.8, 4) is 0 Å². The highest BCUT2D eigenvalue weighted by Crippen LogP contribution is 2.22. The molecule has 2 nitrogen and oxygen atoms in total. The van der Waals surface area contributed by atoms with Crippen molar-refractivity contribution in [1.82, 2.24) is 4.98 Å². The monoisotopic (exact) mass is 268 g/mol. The molecule has 0 fully saturated rings. The summed E-state index contributed by atoms with van der Waals surface area (Å²) in [6.45, 7) is 0.861. The topological polar surface area (TPSA) is 24.9 Å². The molecule has 2 aromatic heterocycles. The Bertz CT molecular complexity index is 400. The number of hydrogen-bond acceptors (Lipinski definition) is 3. The van der Waals surface area contributed by atoms with Crippen LogP contribution in [0.2, 0.25) is 0 Å². The Labute approximate surface area is 95.1 Å². The zero-order valence-electron chi connectivity index (χ0n) is 7.40. The van der Waals surface area contributed by atoms with Crippen LogP contribution in [0.25, 0.3) is 0 Å². The van der Waals surface area contributed by atoms with Gasteiger partial charge in [-0.05, 0) is 40.2 Å². The van der Waals surface area contributed by atoms with Crippen LogP contribution in [0.3, 0.4) is 0 Å². The third kappa shape index (κ3) is 2.56. The summed E-state index contributed by atoms with van der Waals surface area (Å²) >= 11 is 5.18.